The minimum Gasteiger partial charge on any atom is -0.463 e. The number of esters is 1. The van der Waals surface area contributed by atoms with Gasteiger partial charge in [0, 0.05) is 11.8 Å². The second kappa shape index (κ2) is 6.23. The molecular weight excluding hydrogens is 156 g/mol. The highest BCUT2D eigenvalue weighted by Crippen LogP contribution is 1.88. The summed E-state index contributed by atoms with van der Waals surface area (Å²) in [5, 5.41) is 2.73. The zero-order valence-corrected chi connectivity index (χ0v) is 7.26. The first kappa shape index (κ1) is 10.5. The van der Waals surface area contributed by atoms with E-state index >= 15 is 0 Å². The number of hydrogen-bond acceptors (Lipinski definition) is 3. The van der Waals surface area contributed by atoms with Crippen molar-refractivity contribution in [1.82, 2.24) is 5.32 Å². The van der Waals surface area contributed by atoms with Gasteiger partial charge in [-0.3, -0.25) is 4.85 Å². The number of nitrogens with zero attached hydrogens (tertiary/aromatic N) is 1. The first-order valence-electron chi connectivity index (χ1n) is 3.62. The van der Waals surface area contributed by atoms with E-state index in [1.807, 2.05) is 0 Å². The summed E-state index contributed by atoms with van der Waals surface area (Å²) in [6.07, 6.45) is 1.33. The van der Waals surface area contributed by atoms with Crippen LogP contribution in [0.15, 0.2) is 11.8 Å². The van der Waals surface area contributed by atoms with Crippen molar-refractivity contribution in [2.24, 2.45) is 0 Å². The number of carbonyl (C=O) groups excluding carboxylic acids is 1. The average molecular weight is 168 g/mol. The summed E-state index contributed by atoms with van der Waals surface area (Å²) in [4.78, 5) is 13.9. The third kappa shape index (κ3) is 5.30. The summed E-state index contributed by atoms with van der Waals surface area (Å²) in [6.45, 7) is 10.5. The summed E-state index contributed by atoms with van der Waals surface area (Å²) < 4.78 is 4.66. The van der Waals surface area contributed by atoms with Crippen molar-refractivity contribution < 1.29 is 9.53 Å². The molecule has 0 bridgehead atoms. The van der Waals surface area contributed by atoms with Gasteiger partial charge in [0.1, 0.15) is 0 Å². The molecule has 0 aromatic heterocycles. The predicted molar refractivity (Wildman–Crippen MR) is 45.0 cm³/mol. The van der Waals surface area contributed by atoms with Gasteiger partial charge in [0.25, 0.3) is 6.67 Å². The van der Waals surface area contributed by atoms with E-state index in [2.05, 4.69) is 14.9 Å². The van der Waals surface area contributed by atoms with Crippen LogP contribution in [-0.4, -0.2) is 19.2 Å². The standard InChI is InChI=1S/C8H12N2O2/c1-4-12-8(11)5-7(2)10-6-9-3/h5,10H,4,6H2,1-2H3. The van der Waals surface area contributed by atoms with E-state index in [0.29, 0.717) is 12.3 Å². The molecule has 0 saturated carbocycles. The molecule has 0 aromatic rings. The van der Waals surface area contributed by atoms with Gasteiger partial charge in [0.15, 0.2) is 0 Å². The van der Waals surface area contributed by atoms with Gasteiger partial charge in [0.05, 0.1) is 6.61 Å². The number of nitrogens with one attached hydrogen (secondary N) is 1. The fourth-order valence-corrected chi connectivity index (χ4v) is 0.576. The summed E-state index contributed by atoms with van der Waals surface area (Å²) >= 11 is 0. The third-order valence-electron chi connectivity index (χ3n) is 1.06. The molecule has 0 atom stereocenters. The number of hydrogen-bond donors (Lipinski definition) is 1. The van der Waals surface area contributed by atoms with Gasteiger partial charge in [-0.2, -0.15) is 0 Å². The van der Waals surface area contributed by atoms with E-state index in [1.165, 1.54) is 6.08 Å². The van der Waals surface area contributed by atoms with E-state index in [0.717, 1.165) is 0 Å². The maximum Gasteiger partial charge on any atom is 0.332 e. The predicted octanol–water partition coefficient (Wildman–Crippen LogP) is 0.920. The maximum absolute atomic E-state index is 10.8. The van der Waals surface area contributed by atoms with E-state index in [1.54, 1.807) is 13.8 Å². The van der Waals surface area contributed by atoms with Crippen molar-refractivity contribution in [3.8, 4) is 0 Å². The molecule has 0 heterocycles. The highest BCUT2D eigenvalue weighted by atomic mass is 16.5. The van der Waals surface area contributed by atoms with Crippen molar-refractivity contribution in [1.29, 1.82) is 0 Å². The lowest BCUT2D eigenvalue weighted by Gasteiger charge is -1.99. The van der Waals surface area contributed by atoms with E-state index in [9.17, 15) is 4.79 Å². The number of carbonyl (C=O) groups is 1. The lowest BCUT2D eigenvalue weighted by Crippen LogP contribution is -2.12. The van der Waals surface area contributed by atoms with Crippen LogP contribution >= 0.6 is 0 Å². The minimum absolute atomic E-state index is 0.182. The minimum atomic E-state index is -0.382. The van der Waals surface area contributed by atoms with Crippen LogP contribution in [0.3, 0.4) is 0 Å². The molecule has 12 heavy (non-hydrogen) atoms. The Morgan fingerprint density at radius 3 is 2.92 bits per heavy atom. The average Bonchev–Trinajstić information content (AvgIpc) is 2.01. The second-order valence-corrected chi connectivity index (χ2v) is 2.07. The van der Waals surface area contributed by atoms with Crippen LogP contribution in [0.5, 0.6) is 0 Å². The molecule has 0 spiro atoms. The van der Waals surface area contributed by atoms with Crippen LogP contribution in [-0.2, 0) is 9.53 Å². The van der Waals surface area contributed by atoms with Crippen molar-refractivity contribution in [3.63, 3.8) is 0 Å². The molecule has 4 heteroatoms. The first-order valence-corrected chi connectivity index (χ1v) is 3.62. The lowest BCUT2D eigenvalue weighted by atomic mass is 10.4. The van der Waals surface area contributed by atoms with Gasteiger partial charge in [-0.25, -0.2) is 11.4 Å². The highest BCUT2D eigenvalue weighted by molar-refractivity contribution is 5.82. The van der Waals surface area contributed by atoms with Crippen molar-refractivity contribution in [3.05, 3.63) is 23.2 Å². The van der Waals surface area contributed by atoms with Crippen molar-refractivity contribution in [2.45, 2.75) is 13.8 Å². The Bertz CT molecular complexity index is 216. The van der Waals surface area contributed by atoms with Crippen LogP contribution in [0.25, 0.3) is 4.85 Å². The summed E-state index contributed by atoms with van der Waals surface area (Å²) in [6, 6.07) is 0. The lowest BCUT2D eigenvalue weighted by molar-refractivity contribution is -0.137. The monoisotopic (exact) mass is 168 g/mol. The zero-order chi connectivity index (χ0) is 9.40. The number of allylic oxidation sites excluding steroid dienone is 1. The van der Waals surface area contributed by atoms with Gasteiger partial charge in [-0.05, 0) is 13.8 Å². The SMILES string of the molecule is [C-]#[N+]CNC(C)=CC(=O)OCC. The molecule has 1 N–H and O–H groups in total. The summed E-state index contributed by atoms with van der Waals surface area (Å²) in [5.41, 5.74) is 0.643. The van der Waals surface area contributed by atoms with Crippen LogP contribution < -0.4 is 5.32 Å². The second-order valence-electron chi connectivity index (χ2n) is 2.07. The first-order chi connectivity index (χ1) is 5.70. The van der Waals surface area contributed by atoms with E-state index in [-0.39, 0.29) is 12.6 Å². The quantitative estimate of drug-likeness (QED) is 0.385. The molecule has 0 fully saturated rings. The van der Waals surface area contributed by atoms with Crippen LogP contribution in [0, 0.1) is 6.57 Å². The molecule has 66 valence electrons. The highest BCUT2D eigenvalue weighted by Gasteiger charge is 1.96. The smallest absolute Gasteiger partial charge is 0.332 e. The van der Waals surface area contributed by atoms with Crippen LogP contribution in [0.2, 0.25) is 0 Å². The summed E-state index contributed by atoms with van der Waals surface area (Å²) in [5.74, 6) is -0.382. The van der Waals surface area contributed by atoms with Gasteiger partial charge < -0.3 is 10.1 Å². The fraction of sp³-hybridized carbons (Fsp3) is 0.500. The topological polar surface area (TPSA) is 42.7 Å². The van der Waals surface area contributed by atoms with Gasteiger partial charge in [-0.1, -0.05) is 0 Å². The van der Waals surface area contributed by atoms with Crippen LogP contribution in [0.1, 0.15) is 13.8 Å². The Morgan fingerprint density at radius 1 is 1.75 bits per heavy atom. The fourth-order valence-electron chi connectivity index (χ4n) is 0.576. The largest absolute Gasteiger partial charge is 0.463 e. The Balaban J connectivity index is 3.82. The Morgan fingerprint density at radius 2 is 2.42 bits per heavy atom. The normalized spacial score (nSPS) is 10.2. The molecule has 0 aliphatic rings. The molecule has 0 aliphatic carbocycles. The van der Waals surface area contributed by atoms with Crippen molar-refractivity contribution in [2.75, 3.05) is 13.3 Å². The third-order valence-corrected chi connectivity index (χ3v) is 1.06. The molecule has 0 aromatic carbocycles. The van der Waals surface area contributed by atoms with Crippen LogP contribution in [0.4, 0.5) is 0 Å². The van der Waals surface area contributed by atoms with Crippen molar-refractivity contribution >= 4 is 5.97 Å². The molecule has 0 rings (SSSR count). The number of ether oxygens (including phenoxy) is 1. The Labute approximate surface area is 72.0 Å². The molecule has 0 radical (unpaired) electrons. The van der Waals surface area contributed by atoms with E-state index in [4.69, 9.17) is 6.57 Å². The van der Waals surface area contributed by atoms with Gasteiger partial charge in [-0.15, -0.1) is 0 Å². The Kier molecular flexibility index (Phi) is 5.45. The molecule has 0 unspecified atom stereocenters. The Hall–Kier alpha value is -1.50. The number of rotatable bonds is 4. The maximum atomic E-state index is 10.8. The zero-order valence-electron chi connectivity index (χ0n) is 7.26. The molecule has 0 saturated heterocycles. The molecular formula is C8H12N2O2. The molecule has 0 amide bonds. The summed E-state index contributed by atoms with van der Waals surface area (Å²) in [7, 11) is 0. The molecule has 0 aliphatic heterocycles. The van der Waals surface area contributed by atoms with Gasteiger partial charge >= 0.3 is 5.97 Å². The van der Waals surface area contributed by atoms with E-state index < -0.39 is 0 Å². The van der Waals surface area contributed by atoms with Gasteiger partial charge in [0.2, 0.25) is 0 Å². The molecule has 4 nitrogen and oxygen atoms in total.